The van der Waals surface area contributed by atoms with Gasteiger partial charge in [0, 0.05) is 0 Å². The highest BCUT2D eigenvalue weighted by atomic mass is 32.2. The van der Waals surface area contributed by atoms with E-state index in [0.717, 1.165) is 0 Å². The molecule has 1 rings (SSSR count). The average Bonchev–Trinajstić information content (AvgIpc) is 2.91. The summed E-state index contributed by atoms with van der Waals surface area (Å²) in [5.74, 6) is -2.10. The summed E-state index contributed by atoms with van der Waals surface area (Å²) in [6.07, 6.45) is 0.980. The lowest BCUT2D eigenvalue weighted by Crippen LogP contribution is -2.34. The fourth-order valence-electron chi connectivity index (χ4n) is 1.95. The molecule has 0 unspecified atom stereocenters. The van der Waals surface area contributed by atoms with Crippen molar-refractivity contribution in [1.82, 2.24) is 0 Å². The minimum absolute atomic E-state index is 0.168. The third-order valence-electron chi connectivity index (χ3n) is 3.61. The predicted octanol–water partition coefficient (Wildman–Crippen LogP) is 0.869. The molecule has 1 N–H and O–H groups in total. The molecule has 0 saturated heterocycles. The minimum atomic E-state index is -3.56. The van der Waals surface area contributed by atoms with Crippen LogP contribution in [0.1, 0.15) is 40.0 Å². The van der Waals surface area contributed by atoms with Crippen LogP contribution in [0.4, 0.5) is 0 Å². The molecule has 1 fully saturated rings. The number of hydrogen-bond donors (Lipinski definition) is 1. The van der Waals surface area contributed by atoms with Crippen molar-refractivity contribution in [2.75, 3.05) is 17.3 Å². The molecule has 0 atom stereocenters. The number of carbonyl (C=O) groups is 1. The van der Waals surface area contributed by atoms with Crippen molar-refractivity contribution in [2.45, 2.75) is 44.8 Å². The topological polar surface area (TPSA) is 106 Å². The molecule has 0 aromatic heterocycles. The summed E-state index contributed by atoms with van der Waals surface area (Å²) >= 11 is 0. The zero-order valence-corrected chi connectivity index (χ0v) is 13.7. The lowest BCUT2D eigenvalue weighted by Gasteiger charge is -2.19. The Morgan fingerprint density at radius 3 is 1.95 bits per heavy atom. The van der Waals surface area contributed by atoms with Crippen molar-refractivity contribution < 1.29 is 26.7 Å². The number of carboxylic acid groups (broad SMARTS) is 1. The van der Waals surface area contributed by atoms with Crippen LogP contribution in [0.2, 0.25) is 0 Å². The number of rotatable bonds is 7. The fourth-order valence-corrected chi connectivity index (χ4v) is 5.93. The van der Waals surface area contributed by atoms with Crippen molar-refractivity contribution in [3.63, 3.8) is 0 Å². The van der Waals surface area contributed by atoms with E-state index in [9.17, 15) is 21.6 Å². The Balaban J connectivity index is 2.67. The second-order valence-corrected chi connectivity index (χ2v) is 11.6. The number of hydrogen-bond acceptors (Lipinski definition) is 5. The molecular formula is C12H22O6S2. The summed E-state index contributed by atoms with van der Waals surface area (Å²) in [4.78, 5) is 10.7. The van der Waals surface area contributed by atoms with Crippen molar-refractivity contribution in [3.05, 3.63) is 0 Å². The van der Waals surface area contributed by atoms with Gasteiger partial charge in [-0.15, -0.1) is 0 Å². The van der Waals surface area contributed by atoms with E-state index < -0.39 is 47.3 Å². The SMILES string of the molecule is CC(C)(C)S(=O)(=O)CCS(=O)(=O)CC1(CC(=O)O)CC1. The number of aliphatic carboxylic acids is 1. The monoisotopic (exact) mass is 326 g/mol. The molecule has 0 heterocycles. The van der Waals surface area contributed by atoms with Crippen LogP contribution in [-0.2, 0) is 24.5 Å². The standard InChI is InChI=1S/C12H22O6S2/c1-11(2,3)20(17,18)7-6-19(15,16)9-12(4-5-12)8-10(13)14/h4-9H2,1-3H3,(H,13,14). The van der Waals surface area contributed by atoms with Crippen LogP contribution in [0.25, 0.3) is 0 Å². The zero-order valence-electron chi connectivity index (χ0n) is 12.0. The molecule has 0 bridgehead atoms. The fraction of sp³-hybridized carbons (Fsp3) is 0.917. The maximum Gasteiger partial charge on any atom is 0.303 e. The summed E-state index contributed by atoms with van der Waals surface area (Å²) < 4.78 is 46.8. The van der Waals surface area contributed by atoms with E-state index in [1.165, 1.54) is 20.8 Å². The third kappa shape index (κ3) is 4.73. The van der Waals surface area contributed by atoms with E-state index in [1.807, 2.05) is 0 Å². The van der Waals surface area contributed by atoms with Crippen LogP contribution >= 0.6 is 0 Å². The molecule has 118 valence electrons. The van der Waals surface area contributed by atoms with E-state index in [2.05, 4.69) is 0 Å². The maximum absolute atomic E-state index is 12.0. The van der Waals surface area contributed by atoms with Crippen molar-refractivity contribution in [1.29, 1.82) is 0 Å². The van der Waals surface area contributed by atoms with Gasteiger partial charge >= 0.3 is 5.97 Å². The van der Waals surface area contributed by atoms with Crippen LogP contribution < -0.4 is 0 Å². The second kappa shape index (κ2) is 5.29. The molecule has 0 radical (unpaired) electrons. The Morgan fingerprint density at radius 2 is 1.60 bits per heavy atom. The van der Waals surface area contributed by atoms with Crippen molar-refractivity contribution in [2.24, 2.45) is 5.41 Å². The molecule has 0 aliphatic heterocycles. The van der Waals surface area contributed by atoms with E-state index in [4.69, 9.17) is 5.11 Å². The predicted molar refractivity (Wildman–Crippen MR) is 76.1 cm³/mol. The Hall–Kier alpha value is -0.630. The van der Waals surface area contributed by atoms with E-state index in [1.54, 1.807) is 0 Å². The van der Waals surface area contributed by atoms with E-state index in [-0.39, 0.29) is 12.2 Å². The van der Waals surface area contributed by atoms with Gasteiger partial charge in [-0.2, -0.15) is 0 Å². The molecule has 8 heteroatoms. The van der Waals surface area contributed by atoms with Crippen LogP contribution in [0.5, 0.6) is 0 Å². The van der Waals surface area contributed by atoms with Crippen LogP contribution in [0, 0.1) is 5.41 Å². The molecule has 1 aliphatic carbocycles. The van der Waals surface area contributed by atoms with Gasteiger partial charge in [0.2, 0.25) is 0 Å². The molecule has 6 nitrogen and oxygen atoms in total. The van der Waals surface area contributed by atoms with Gasteiger partial charge in [0.25, 0.3) is 0 Å². The highest BCUT2D eigenvalue weighted by Gasteiger charge is 2.47. The van der Waals surface area contributed by atoms with Gasteiger partial charge in [0.15, 0.2) is 19.7 Å². The molecule has 20 heavy (non-hydrogen) atoms. The molecule has 0 aromatic carbocycles. The first-order chi connectivity index (χ1) is 8.79. The smallest absolute Gasteiger partial charge is 0.303 e. The van der Waals surface area contributed by atoms with E-state index >= 15 is 0 Å². The largest absolute Gasteiger partial charge is 0.481 e. The summed E-state index contributed by atoms with van der Waals surface area (Å²) in [5.41, 5.74) is -0.670. The highest BCUT2D eigenvalue weighted by molar-refractivity contribution is 7.95. The minimum Gasteiger partial charge on any atom is -0.481 e. The summed E-state index contributed by atoms with van der Waals surface area (Å²) in [6, 6.07) is 0. The van der Waals surface area contributed by atoms with Crippen LogP contribution in [-0.4, -0.2) is 49.9 Å². The first-order valence-electron chi connectivity index (χ1n) is 6.43. The highest BCUT2D eigenvalue weighted by Crippen LogP contribution is 2.49. The third-order valence-corrected chi connectivity index (χ3v) is 8.35. The molecule has 0 amide bonds. The number of sulfone groups is 2. The summed E-state index contributed by atoms with van der Waals surface area (Å²) in [5, 5.41) is 8.76. The van der Waals surface area contributed by atoms with Crippen molar-refractivity contribution >= 4 is 25.6 Å². The first-order valence-corrected chi connectivity index (χ1v) is 9.91. The average molecular weight is 326 g/mol. The van der Waals surface area contributed by atoms with Gasteiger partial charge in [-0.3, -0.25) is 4.79 Å². The van der Waals surface area contributed by atoms with Gasteiger partial charge in [-0.25, -0.2) is 16.8 Å². The molecule has 1 saturated carbocycles. The quantitative estimate of drug-likeness (QED) is 0.744. The van der Waals surface area contributed by atoms with Gasteiger partial charge in [0.05, 0.1) is 28.4 Å². The lowest BCUT2D eigenvalue weighted by molar-refractivity contribution is -0.138. The second-order valence-electron chi connectivity index (χ2n) is 6.59. The molecule has 1 aliphatic rings. The molecular weight excluding hydrogens is 304 g/mol. The van der Waals surface area contributed by atoms with Gasteiger partial charge in [-0.1, -0.05) is 0 Å². The van der Waals surface area contributed by atoms with Crippen LogP contribution in [0.15, 0.2) is 0 Å². The van der Waals surface area contributed by atoms with E-state index in [0.29, 0.717) is 12.8 Å². The lowest BCUT2D eigenvalue weighted by atomic mass is 10.1. The molecule has 0 aromatic rings. The summed E-state index contributed by atoms with van der Waals surface area (Å²) in [7, 11) is -7.04. The van der Waals surface area contributed by atoms with Gasteiger partial charge in [-0.05, 0) is 39.0 Å². The zero-order chi connectivity index (χ0) is 15.8. The molecule has 0 spiro atoms. The normalized spacial score (nSPS) is 18.8. The number of carboxylic acids is 1. The summed E-state index contributed by atoms with van der Waals surface area (Å²) in [6.45, 7) is 4.59. The first kappa shape index (κ1) is 17.4. The van der Waals surface area contributed by atoms with Gasteiger partial charge < -0.3 is 5.11 Å². The van der Waals surface area contributed by atoms with Gasteiger partial charge in [0.1, 0.15) is 0 Å². The maximum atomic E-state index is 12.0. The Labute approximate surface area is 120 Å². The Kier molecular flexibility index (Phi) is 4.61. The Morgan fingerprint density at radius 1 is 1.10 bits per heavy atom. The van der Waals surface area contributed by atoms with Crippen molar-refractivity contribution in [3.8, 4) is 0 Å². The van der Waals surface area contributed by atoms with Crippen LogP contribution in [0.3, 0.4) is 0 Å². The Bertz CT molecular complexity index is 576.